The van der Waals surface area contributed by atoms with Gasteiger partial charge in [0.25, 0.3) is 0 Å². The van der Waals surface area contributed by atoms with Crippen molar-refractivity contribution in [1.29, 1.82) is 5.26 Å². The van der Waals surface area contributed by atoms with Gasteiger partial charge in [0.1, 0.15) is 11.6 Å². The Labute approximate surface area is 88.2 Å². The molecule has 0 spiro atoms. The largest absolute Gasteiger partial charge is 0.453 e. The van der Waals surface area contributed by atoms with Crippen LogP contribution in [0, 0.1) is 11.3 Å². The molecule has 4 nitrogen and oxygen atoms in total. The molecular weight excluding hydrogens is 250 g/mol. The van der Waals surface area contributed by atoms with Gasteiger partial charge in [-0.2, -0.15) is 5.26 Å². The van der Waals surface area contributed by atoms with Crippen LogP contribution >= 0.6 is 15.9 Å². The summed E-state index contributed by atoms with van der Waals surface area (Å²) in [4.78, 5) is 10.7. The Morgan fingerprint density at radius 2 is 2.21 bits per heavy atom. The fraction of sp³-hybridized carbons (Fsp3) is 0.111. The maximum absolute atomic E-state index is 10.7. The van der Waals surface area contributed by atoms with Crippen molar-refractivity contribution in [3.8, 4) is 17.6 Å². The van der Waals surface area contributed by atoms with E-state index in [1.807, 2.05) is 6.07 Å². The smallest absolute Gasteiger partial charge is 0.231 e. The minimum atomic E-state index is 0.0430. The van der Waals surface area contributed by atoms with Crippen LogP contribution in [0.25, 0.3) is 0 Å². The van der Waals surface area contributed by atoms with Gasteiger partial charge in [-0.05, 0) is 22.0 Å². The van der Waals surface area contributed by atoms with E-state index in [-0.39, 0.29) is 6.79 Å². The normalized spacial score (nSPS) is 12.3. The molecule has 1 heterocycles. The third-order valence-corrected chi connectivity index (χ3v) is 2.49. The van der Waals surface area contributed by atoms with E-state index in [2.05, 4.69) is 15.9 Å². The predicted octanol–water partition coefficient (Wildman–Crippen LogP) is 1.86. The molecule has 5 heteroatoms. The molecule has 0 unspecified atom stereocenters. The molecule has 0 aliphatic carbocycles. The van der Waals surface area contributed by atoms with Crippen molar-refractivity contribution in [1.82, 2.24) is 0 Å². The summed E-state index contributed by atoms with van der Waals surface area (Å²) >= 11 is 3.18. The Balaban J connectivity index is 2.75. The van der Waals surface area contributed by atoms with Crippen LogP contribution in [0.2, 0.25) is 0 Å². The van der Waals surface area contributed by atoms with Gasteiger partial charge >= 0.3 is 0 Å². The zero-order valence-electron chi connectivity index (χ0n) is 6.91. The molecule has 0 atom stereocenters. The Morgan fingerprint density at radius 3 is 2.86 bits per heavy atom. The lowest BCUT2D eigenvalue weighted by Crippen LogP contribution is -1.94. The highest BCUT2D eigenvalue weighted by Gasteiger charge is 2.24. The molecule has 0 saturated carbocycles. The van der Waals surface area contributed by atoms with Crippen LogP contribution in [0.15, 0.2) is 10.5 Å². The van der Waals surface area contributed by atoms with E-state index >= 15 is 0 Å². The maximum atomic E-state index is 10.7. The van der Waals surface area contributed by atoms with Crippen LogP contribution in [0.3, 0.4) is 0 Å². The molecule has 0 fully saturated rings. The van der Waals surface area contributed by atoms with Gasteiger partial charge in [-0.1, -0.05) is 0 Å². The van der Waals surface area contributed by atoms with Gasteiger partial charge in [0.15, 0.2) is 17.8 Å². The van der Waals surface area contributed by atoms with Gasteiger partial charge in [0.05, 0.1) is 5.56 Å². The first-order valence-corrected chi connectivity index (χ1v) is 4.54. The molecule has 70 valence electrons. The van der Waals surface area contributed by atoms with E-state index in [4.69, 9.17) is 14.7 Å². The van der Waals surface area contributed by atoms with Gasteiger partial charge in [-0.25, -0.2) is 0 Å². The number of halogens is 1. The highest BCUT2D eigenvalue weighted by molar-refractivity contribution is 9.10. The number of nitriles is 1. The van der Waals surface area contributed by atoms with Crippen molar-refractivity contribution in [2.75, 3.05) is 6.79 Å². The third-order valence-electron chi connectivity index (χ3n) is 1.86. The van der Waals surface area contributed by atoms with Crippen LogP contribution in [0.4, 0.5) is 0 Å². The van der Waals surface area contributed by atoms with E-state index < -0.39 is 0 Å². The zero-order valence-corrected chi connectivity index (χ0v) is 8.50. The Hall–Kier alpha value is -1.54. The van der Waals surface area contributed by atoms with Gasteiger partial charge in [0.2, 0.25) is 6.79 Å². The minimum Gasteiger partial charge on any atom is -0.453 e. The first-order valence-electron chi connectivity index (χ1n) is 3.75. The molecule has 14 heavy (non-hydrogen) atoms. The van der Waals surface area contributed by atoms with E-state index in [1.165, 1.54) is 0 Å². The molecule has 1 aliphatic rings. The number of benzene rings is 1. The quantitative estimate of drug-likeness (QED) is 0.717. The van der Waals surface area contributed by atoms with E-state index in [1.54, 1.807) is 6.07 Å². The molecule has 0 amide bonds. The fourth-order valence-electron chi connectivity index (χ4n) is 1.25. The van der Waals surface area contributed by atoms with Crippen molar-refractivity contribution in [3.63, 3.8) is 0 Å². The number of ether oxygens (including phenoxy) is 2. The second-order valence-corrected chi connectivity index (χ2v) is 3.47. The Morgan fingerprint density at radius 1 is 1.50 bits per heavy atom. The molecule has 0 bridgehead atoms. The van der Waals surface area contributed by atoms with Crippen LogP contribution in [-0.2, 0) is 0 Å². The Kier molecular flexibility index (Phi) is 2.14. The lowest BCUT2D eigenvalue weighted by Gasteiger charge is -2.02. The molecule has 0 aromatic heterocycles. The highest BCUT2D eigenvalue weighted by atomic mass is 79.9. The molecule has 1 aromatic carbocycles. The number of carbonyl (C=O) groups excluding carboxylic acids is 1. The molecular formula is C9H4BrNO3. The number of carbonyl (C=O) groups is 1. The number of hydrogen-bond acceptors (Lipinski definition) is 4. The SMILES string of the molecule is N#Cc1c(Br)cc(C=O)c2c1OCO2. The van der Waals surface area contributed by atoms with Crippen molar-refractivity contribution in [2.45, 2.75) is 0 Å². The lowest BCUT2D eigenvalue weighted by atomic mass is 10.1. The number of nitrogens with zero attached hydrogens (tertiary/aromatic N) is 1. The van der Waals surface area contributed by atoms with E-state index in [0.717, 1.165) is 0 Å². The predicted molar refractivity (Wildman–Crippen MR) is 50.4 cm³/mol. The van der Waals surface area contributed by atoms with Gasteiger partial charge in [0, 0.05) is 4.47 Å². The zero-order chi connectivity index (χ0) is 10.1. The summed E-state index contributed by atoms with van der Waals surface area (Å²) in [5.41, 5.74) is 0.728. The van der Waals surface area contributed by atoms with E-state index in [9.17, 15) is 4.79 Å². The van der Waals surface area contributed by atoms with Crippen LogP contribution in [0.1, 0.15) is 15.9 Å². The molecule has 0 N–H and O–H groups in total. The molecule has 1 aliphatic heterocycles. The van der Waals surface area contributed by atoms with Crippen molar-refractivity contribution >= 4 is 22.2 Å². The average Bonchev–Trinajstić information content (AvgIpc) is 2.65. The maximum Gasteiger partial charge on any atom is 0.231 e. The standard InChI is InChI=1S/C9H4BrNO3/c10-7-1-5(3-12)8-9(6(7)2-11)14-4-13-8/h1,3H,4H2. The fourth-order valence-corrected chi connectivity index (χ4v) is 1.77. The molecule has 0 radical (unpaired) electrons. The van der Waals surface area contributed by atoms with Crippen LogP contribution < -0.4 is 9.47 Å². The summed E-state index contributed by atoms with van der Waals surface area (Å²) in [6.45, 7) is 0.0430. The third kappa shape index (κ3) is 1.16. The summed E-state index contributed by atoms with van der Waals surface area (Å²) in [6.07, 6.45) is 0.666. The van der Waals surface area contributed by atoms with Crippen molar-refractivity contribution in [2.24, 2.45) is 0 Å². The summed E-state index contributed by atoms with van der Waals surface area (Å²) in [6, 6.07) is 3.52. The highest BCUT2D eigenvalue weighted by Crippen LogP contribution is 2.41. The number of aldehydes is 1. The second-order valence-electron chi connectivity index (χ2n) is 2.62. The van der Waals surface area contributed by atoms with Crippen molar-refractivity contribution in [3.05, 3.63) is 21.7 Å². The first kappa shape index (κ1) is 9.03. The topological polar surface area (TPSA) is 59.3 Å². The average molecular weight is 254 g/mol. The molecule has 1 aromatic rings. The molecule has 0 saturated heterocycles. The van der Waals surface area contributed by atoms with Gasteiger partial charge < -0.3 is 9.47 Å². The molecule has 2 rings (SSSR count). The lowest BCUT2D eigenvalue weighted by molar-refractivity contribution is 0.111. The Bertz CT molecular complexity index is 450. The number of hydrogen-bond donors (Lipinski definition) is 0. The van der Waals surface area contributed by atoms with Crippen LogP contribution in [0.5, 0.6) is 11.5 Å². The van der Waals surface area contributed by atoms with Gasteiger partial charge in [-0.15, -0.1) is 0 Å². The van der Waals surface area contributed by atoms with Gasteiger partial charge in [-0.3, -0.25) is 4.79 Å². The summed E-state index contributed by atoms with van der Waals surface area (Å²) in [5.74, 6) is 0.684. The van der Waals surface area contributed by atoms with E-state index in [0.29, 0.717) is 33.4 Å². The van der Waals surface area contributed by atoms with Crippen LogP contribution in [-0.4, -0.2) is 13.1 Å². The summed E-state index contributed by atoms with van der Waals surface area (Å²) < 4.78 is 10.7. The minimum absolute atomic E-state index is 0.0430. The monoisotopic (exact) mass is 253 g/mol. The van der Waals surface area contributed by atoms with Crippen molar-refractivity contribution < 1.29 is 14.3 Å². The first-order chi connectivity index (χ1) is 6.77. The number of fused-ring (bicyclic) bond motifs is 1. The summed E-state index contributed by atoms with van der Waals surface area (Å²) in [7, 11) is 0. The second kappa shape index (κ2) is 3.31. The number of rotatable bonds is 1. The summed E-state index contributed by atoms with van der Waals surface area (Å²) in [5, 5.41) is 8.84.